The Labute approximate surface area is 137 Å². The largest absolute Gasteiger partial charge is 0.349 e. The Bertz CT molecular complexity index is 802. The molecule has 1 aromatic carbocycles. The van der Waals surface area contributed by atoms with Crippen LogP contribution >= 0.6 is 0 Å². The molecule has 0 aliphatic heterocycles. The molecular formula is C17H17F2N3O2. The molecule has 126 valence electrons. The molecule has 0 saturated heterocycles. The Morgan fingerprint density at radius 2 is 2.08 bits per heavy atom. The van der Waals surface area contributed by atoms with E-state index in [9.17, 15) is 18.4 Å². The van der Waals surface area contributed by atoms with Crippen LogP contribution in [0.1, 0.15) is 29.0 Å². The molecule has 1 saturated carbocycles. The lowest BCUT2D eigenvalue weighted by molar-refractivity contribution is 0.0934. The van der Waals surface area contributed by atoms with Crippen molar-refractivity contribution in [1.82, 2.24) is 15.3 Å². The van der Waals surface area contributed by atoms with Gasteiger partial charge in [-0.25, -0.2) is 13.8 Å². The first-order valence-electron chi connectivity index (χ1n) is 7.80. The van der Waals surface area contributed by atoms with Crippen LogP contribution in [0.15, 0.2) is 35.3 Å². The van der Waals surface area contributed by atoms with E-state index >= 15 is 0 Å². The molecule has 0 bridgehead atoms. The minimum Gasteiger partial charge on any atom is -0.349 e. The van der Waals surface area contributed by atoms with Crippen molar-refractivity contribution in [2.75, 3.05) is 6.54 Å². The fourth-order valence-electron chi connectivity index (χ4n) is 2.74. The van der Waals surface area contributed by atoms with Crippen LogP contribution in [0.3, 0.4) is 0 Å². The Kier molecular flexibility index (Phi) is 4.69. The minimum absolute atomic E-state index is 0.0372. The number of nitrogens with zero attached hydrogens (tertiary/aromatic N) is 1. The van der Waals surface area contributed by atoms with Crippen molar-refractivity contribution in [1.29, 1.82) is 0 Å². The Hall–Kier alpha value is -2.57. The van der Waals surface area contributed by atoms with Crippen molar-refractivity contribution in [3.8, 4) is 0 Å². The van der Waals surface area contributed by atoms with Crippen LogP contribution in [-0.2, 0) is 6.42 Å². The molecule has 1 atom stereocenters. The number of hydrogen-bond donors (Lipinski definition) is 2. The molecule has 1 aliphatic carbocycles. The second-order valence-electron chi connectivity index (χ2n) is 6.04. The van der Waals surface area contributed by atoms with E-state index in [2.05, 4.69) is 15.3 Å². The summed E-state index contributed by atoms with van der Waals surface area (Å²) in [5.74, 6) is -1.63. The van der Waals surface area contributed by atoms with Gasteiger partial charge in [-0.05, 0) is 48.8 Å². The summed E-state index contributed by atoms with van der Waals surface area (Å²) in [4.78, 5) is 29.4. The van der Waals surface area contributed by atoms with Crippen molar-refractivity contribution in [3.05, 3.63) is 63.8 Å². The highest BCUT2D eigenvalue weighted by Crippen LogP contribution is 2.38. The van der Waals surface area contributed by atoms with Crippen molar-refractivity contribution in [3.63, 3.8) is 0 Å². The second kappa shape index (κ2) is 6.90. The van der Waals surface area contributed by atoms with E-state index in [1.165, 1.54) is 18.3 Å². The predicted molar refractivity (Wildman–Crippen MR) is 83.5 cm³/mol. The lowest BCUT2D eigenvalue weighted by Gasteiger charge is -2.17. The summed E-state index contributed by atoms with van der Waals surface area (Å²) < 4.78 is 26.3. The van der Waals surface area contributed by atoms with Gasteiger partial charge < -0.3 is 10.3 Å². The quantitative estimate of drug-likeness (QED) is 0.849. The zero-order chi connectivity index (χ0) is 17.1. The molecule has 0 radical (unpaired) electrons. The molecule has 0 spiro atoms. The molecule has 5 nitrogen and oxygen atoms in total. The third kappa shape index (κ3) is 4.04. The number of aromatic nitrogens is 2. The summed E-state index contributed by atoms with van der Waals surface area (Å²) in [6.45, 7) is 0.390. The molecule has 2 N–H and O–H groups in total. The SMILES string of the molecule is O=C(NC[C@H](Cc1ccc(F)c(F)c1)C1CC1)c1nccc(=O)[nH]1. The third-order valence-corrected chi connectivity index (χ3v) is 4.18. The summed E-state index contributed by atoms with van der Waals surface area (Å²) >= 11 is 0. The van der Waals surface area contributed by atoms with Gasteiger partial charge in [-0.3, -0.25) is 9.59 Å². The van der Waals surface area contributed by atoms with Gasteiger partial charge in [-0.1, -0.05) is 6.07 Å². The summed E-state index contributed by atoms with van der Waals surface area (Å²) in [5, 5.41) is 2.75. The van der Waals surface area contributed by atoms with Gasteiger partial charge in [0.15, 0.2) is 17.5 Å². The highest BCUT2D eigenvalue weighted by molar-refractivity contribution is 5.90. The normalized spacial score (nSPS) is 15.1. The zero-order valence-electron chi connectivity index (χ0n) is 12.9. The number of carbonyl (C=O) groups is 1. The van der Waals surface area contributed by atoms with Gasteiger partial charge in [0, 0.05) is 18.8 Å². The summed E-state index contributed by atoms with van der Waals surface area (Å²) in [5.41, 5.74) is 0.307. The molecule has 3 rings (SSSR count). The van der Waals surface area contributed by atoms with Gasteiger partial charge in [-0.2, -0.15) is 0 Å². The van der Waals surface area contributed by atoms with Crippen molar-refractivity contribution in [2.24, 2.45) is 11.8 Å². The number of hydrogen-bond acceptors (Lipinski definition) is 3. The number of amides is 1. The predicted octanol–water partition coefficient (Wildman–Crippen LogP) is 2.05. The molecule has 7 heteroatoms. The van der Waals surface area contributed by atoms with E-state index in [-0.39, 0.29) is 11.7 Å². The summed E-state index contributed by atoms with van der Waals surface area (Å²) in [7, 11) is 0. The van der Waals surface area contributed by atoms with Gasteiger partial charge in [0.25, 0.3) is 11.5 Å². The lowest BCUT2D eigenvalue weighted by Crippen LogP contribution is -2.33. The van der Waals surface area contributed by atoms with Crippen molar-refractivity contribution >= 4 is 5.91 Å². The maximum atomic E-state index is 13.3. The number of H-pyrrole nitrogens is 1. The monoisotopic (exact) mass is 333 g/mol. The molecule has 1 aromatic heterocycles. The van der Waals surface area contributed by atoms with E-state index in [1.54, 1.807) is 6.07 Å². The lowest BCUT2D eigenvalue weighted by atomic mass is 9.94. The molecule has 1 amide bonds. The zero-order valence-corrected chi connectivity index (χ0v) is 12.9. The maximum absolute atomic E-state index is 13.3. The Morgan fingerprint density at radius 3 is 2.75 bits per heavy atom. The topological polar surface area (TPSA) is 74.8 Å². The standard InChI is InChI=1S/C17H17F2N3O2/c18-13-4-1-10(8-14(13)19)7-12(11-2-3-11)9-21-17(24)16-20-6-5-15(23)22-16/h1,4-6,8,11-12H,2-3,7,9H2,(H,21,24)(H,20,22,23)/t12-/m0/s1. The second-order valence-corrected chi connectivity index (χ2v) is 6.04. The van der Waals surface area contributed by atoms with Crippen LogP contribution in [0.2, 0.25) is 0 Å². The third-order valence-electron chi connectivity index (χ3n) is 4.18. The number of nitrogens with one attached hydrogen (secondary N) is 2. The average molecular weight is 333 g/mol. The fraction of sp³-hybridized carbons (Fsp3) is 0.353. The van der Waals surface area contributed by atoms with Crippen LogP contribution in [0.5, 0.6) is 0 Å². The Morgan fingerprint density at radius 1 is 1.29 bits per heavy atom. The van der Waals surface area contributed by atoms with Crippen molar-refractivity contribution < 1.29 is 13.6 Å². The first-order chi connectivity index (χ1) is 11.5. The first-order valence-corrected chi connectivity index (χ1v) is 7.80. The average Bonchev–Trinajstić information content (AvgIpc) is 3.39. The molecule has 0 unspecified atom stereocenters. The van der Waals surface area contributed by atoms with Crippen LogP contribution in [-0.4, -0.2) is 22.4 Å². The van der Waals surface area contributed by atoms with E-state index in [1.807, 2.05) is 0 Å². The summed E-state index contributed by atoms with van der Waals surface area (Å²) in [6.07, 6.45) is 3.95. The van der Waals surface area contributed by atoms with E-state index in [0.29, 0.717) is 24.4 Å². The van der Waals surface area contributed by atoms with Gasteiger partial charge in [0.2, 0.25) is 0 Å². The van der Waals surface area contributed by atoms with Crippen LogP contribution in [0.25, 0.3) is 0 Å². The Balaban J connectivity index is 1.63. The van der Waals surface area contributed by atoms with E-state index < -0.39 is 23.1 Å². The van der Waals surface area contributed by atoms with Gasteiger partial charge in [0.05, 0.1) is 0 Å². The maximum Gasteiger partial charge on any atom is 0.287 e. The summed E-state index contributed by atoms with van der Waals surface area (Å²) in [6, 6.07) is 5.10. The number of carbonyl (C=O) groups excluding carboxylic acids is 1. The minimum atomic E-state index is -0.867. The van der Waals surface area contributed by atoms with Gasteiger partial charge in [0.1, 0.15) is 0 Å². The van der Waals surface area contributed by atoms with E-state index in [4.69, 9.17) is 0 Å². The highest BCUT2D eigenvalue weighted by atomic mass is 19.2. The molecule has 1 fully saturated rings. The highest BCUT2D eigenvalue weighted by Gasteiger charge is 2.31. The van der Waals surface area contributed by atoms with Crippen LogP contribution in [0, 0.1) is 23.5 Å². The molecule has 2 aromatic rings. The molecule has 1 aliphatic rings. The van der Waals surface area contributed by atoms with Crippen molar-refractivity contribution in [2.45, 2.75) is 19.3 Å². The molecule has 24 heavy (non-hydrogen) atoms. The van der Waals surface area contributed by atoms with Crippen LogP contribution < -0.4 is 10.9 Å². The van der Waals surface area contributed by atoms with Gasteiger partial charge in [-0.15, -0.1) is 0 Å². The number of aromatic amines is 1. The smallest absolute Gasteiger partial charge is 0.287 e. The fourth-order valence-corrected chi connectivity index (χ4v) is 2.74. The molecule has 1 heterocycles. The van der Waals surface area contributed by atoms with Crippen LogP contribution in [0.4, 0.5) is 8.78 Å². The van der Waals surface area contributed by atoms with E-state index in [0.717, 1.165) is 18.9 Å². The number of benzene rings is 1. The number of rotatable bonds is 6. The van der Waals surface area contributed by atoms with Gasteiger partial charge >= 0.3 is 0 Å². The molecular weight excluding hydrogens is 316 g/mol. The number of halogens is 2. The first kappa shape index (κ1) is 16.3.